The van der Waals surface area contributed by atoms with Gasteiger partial charge in [-0.1, -0.05) is 0 Å². The topological polar surface area (TPSA) is 91.1 Å². The van der Waals surface area contributed by atoms with E-state index >= 15 is 0 Å². The average Bonchev–Trinajstić information content (AvgIpc) is 3.11. The maximum atomic E-state index is 12.0. The van der Waals surface area contributed by atoms with E-state index in [-0.39, 0.29) is 11.8 Å². The molecule has 0 aromatic heterocycles. The normalized spacial score (nSPS) is 17.5. The van der Waals surface area contributed by atoms with Crippen LogP contribution in [0.5, 0.6) is 0 Å². The van der Waals surface area contributed by atoms with E-state index in [9.17, 15) is 9.59 Å². The highest BCUT2D eigenvalue weighted by Crippen LogP contribution is 2.34. The molecule has 1 aliphatic heterocycles. The Morgan fingerprint density at radius 1 is 1.32 bits per heavy atom. The van der Waals surface area contributed by atoms with Gasteiger partial charge in [0.2, 0.25) is 0 Å². The van der Waals surface area contributed by atoms with Gasteiger partial charge in [-0.15, -0.1) is 0 Å². The molecule has 2 N–H and O–H groups in total. The SMILES string of the molecule is O=C(NC(C(=O)O)C1CC1)c1ccc2c(c1)N=S=N2. The number of carboxylic acid groups (broad SMARTS) is 1. The summed E-state index contributed by atoms with van der Waals surface area (Å²) in [6, 6.07) is 4.17. The summed E-state index contributed by atoms with van der Waals surface area (Å²) in [5.41, 5.74) is 1.79. The third-order valence-electron chi connectivity index (χ3n) is 3.16. The third kappa shape index (κ3) is 2.41. The molecule has 7 heteroatoms. The second-order valence-electron chi connectivity index (χ2n) is 4.59. The minimum Gasteiger partial charge on any atom is -0.480 e. The van der Waals surface area contributed by atoms with Crippen LogP contribution >= 0.6 is 0 Å². The number of amides is 1. The number of nitrogens with one attached hydrogen (secondary N) is 1. The second kappa shape index (κ2) is 4.58. The van der Waals surface area contributed by atoms with Crippen molar-refractivity contribution in [2.75, 3.05) is 0 Å². The van der Waals surface area contributed by atoms with Gasteiger partial charge in [-0.2, -0.15) is 8.73 Å². The van der Waals surface area contributed by atoms with Gasteiger partial charge in [-0.05, 0) is 37.0 Å². The summed E-state index contributed by atoms with van der Waals surface area (Å²) in [7, 11) is 0. The van der Waals surface area contributed by atoms with E-state index in [0.717, 1.165) is 29.9 Å². The molecule has 3 rings (SSSR count). The van der Waals surface area contributed by atoms with Crippen molar-refractivity contribution >= 4 is 34.6 Å². The van der Waals surface area contributed by atoms with Crippen molar-refractivity contribution in [3.8, 4) is 0 Å². The van der Waals surface area contributed by atoms with Crippen LogP contribution in [0.25, 0.3) is 0 Å². The Balaban J connectivity index is 1.77. The maximum absolute atomic E-state index is 12.0. The standard InChI is InChI=1S/C12H11N3O3S/c16-11(13-10(12(17)18)6-1-2-6)7-3-4-8-9(5-7)15-19-14-8/h3-6,10H,1-2H2,(H,13,16)(H,17,18). The van der Waals surface area contributed by atoms with Crippen molar-refractivity contribution in [1.29, 1.82) is 0 Å². The van der Waals surface area contributed by atoms with Crippen LogP contribution < -0.4 is 5.32 Å². The predicted octanol–water partition coefficient (Wildman–Crippen LogP) is 2.01. The average molecular weight is 277 g/mol. The first-order valence-corrected chi connectivity index (χ1v) is 6.64. The summed E-state index contributed by atoms with van der Waals surface area (Å²) in [6.07, 6.45) is 1.71. The lowest BCUT2D eigenvalue weighted by atomic mass is 10.1. The minimum absolute atomic E-state index is 0.0612. The van der Waals surface area contributed by atoms with Crippen LogP contribution in [0.2, 0.25) is 0 Å². The van der Waals surface area contributed by atoms with Crippen molar-refractivity contribution in [2.24, 2.45) is 14.6 Å². The molecule has 0 radical (unpaired) electrons. The van der Waals surface area contributed by atoms with E-state index in [0.29, 0.717) is 11.3 Å². The highest BCUT2D eigenvalue weighted by molar-refractivity contribution is 7.58. The fourth-order valence-corrected chi connectivity index (χ4v) is 2.48. The number of hydrogen-bond donors (Lipinski definition) is 2. The molecule has 1 aromatic carbocycles. The molecule has 6 nitrogen and oxygen atoms in total. The largest absolute Gasteiger partial charge is 0.480 e. The Morgan fingerprint density at radius 2 is 2.05 bits per heavy atom. The number of carbonyl (C=O) groups excluding carboxylic acids is 1. The van der Waals surface area contributed by atoms with E-state index in [1.165, 1.54) is 0 Å². The smallest absolute Gasteiger partial charge is 0.326 e. The monoisotopic (exact) mass is 277 g/mol. The fourth-order valence-electron chi connectivity index (χ4n) is 1.96. The summed E-state index contributed by atoms with van der Waals surface area (Å²) in [5.74, 6) is -1.30. The summed E-state index contributed by atoms with van der Waals surface area (Å²) in [4.78, 5) is 23.1. The molecule has 1 aliphatic carbocycles. The van der Waals surface area contributed by atoms with Crippen LogP contribution in [-0.2, 0) is 16.1 Å². The van der Waals surface area contributed by atoms with Crippen molar-refractivity contribution in [3.63, 3.8) is 0 Å². The van der Waals surface area contributed by atoms with Crippen LogP contribution in [0.15, 0.2) is 26.9 Å². The molecule has 0 bridgehead atoms. The van der Waals surface area contributed by atoms with Gasteiger partial charge in [0.15, 0.2) is 0 Å². The summed E-state index contributed by atoms with van der Waals surface area (Å²) >= 11 is 1.08. The molecular formula is C12H11N3O3S. The Bertz CT molecular complexity index is 633. The first-order valence-electron chi connectivity index (χ1n) is 5.91. The number of benzene rings is 1. The van der Waals surface area contributed by atoms with Crippen LogP contribution in [0, 0.1) is 5.92 Å². The molecule has 1 atom stereocenters. The van der Waals surface area contributed by atoms with Crippen LogP contribution in [0.3, 0.4) is 0 Å². The lowest BCUT2D eigenvalue weighted by Gasteiger charge is -2.13. The number of fused-ring (bicyclic) bond motifs is 1. The number of carboxylic acids is 1. The van der Waals surface area contributed by atoms with Crippen LogP contribution in [0.1, 0.15) is 23.2 Å². The van der Waals surface area contributed by atoms with Crippen LogP contribution in [0.4, 0.5) is 11.4 Å². The fraction of sp³-hybridized carbons (Fsp3) is 0.333. The van der Waals surface area contributed by atoms with Crippen molar-refractivity contribution in [1.82, 2.24) is 5.32 Å². The van der Waals surface area contributed by atoms with Crippen molar-refractivity contribution in [2.45, 2.75) is 18.9 Å². The lowest BCUT2D eigenvalue weighted by molar-refractivity contribution is -0.139. The highest BCUT2D eigenvalue weighted by atomic mass is 32.1. The molecule has 1 aromatic rings. The molecular weight excluding hydrogens is 266 g/mol. The van der Waals surface area contributed by atoms with Gasteiger partial charge in [0.05, 0.1) is 11.4 Å². The molecule has 0 saturated heterocycles. The van der Waals surface area contributed by atoms with Crippen molar-refractivity contribution < 1.29 is 14.7 Å². The first kappa shape index (κ1) is 12.0. The predicted molar refractivity (Wildman–Crippen MR) is 69.6 cm³/mol. The molecule has 2 aliphatic rings. The molecule has 1 amide bonds. The number of hydrogen-bond acceptors (Lipinski definition) is 4. The van der Waals surface area contributed by atoms with E-state index < -0.39 is 12.0 Å². The molecule has 1 fully saturated rings. The van der Waals surface area contributed by atoms with Gasteiger partial charge >= 0.3 is 5.97 Å². The van der Waals surface area contributed by atoms with Gasteiger partial charge in [0, 0.05) is 5.56 Å². The zero-order valence-corrected chi connectivity index (χ0v) is 10.7. The molecule has 19 heavy (non-hydrogen) atoms. The molecule has 0 spiro atoms. The lowest BCUT2D eigenvalue weighted by Crippen LogP contribution is -2.42. The van der Waals surface area contributed by atoms with Gasteiger partial charge in [0.25, 0.3) is 5.91 Å². The van der Waals surface area contributed by atoms with Gasteiger partial charge < -0.3 is 10.4 Å². The maximum Gasteiger partial charge on any atom is 0.326 e. The number of carbonyl (C=O) groups is 2. The third-order valence-corrected chi connectivity index (χ3v) is 3.72. The Kier molecular flexibility index (Phi) is 2.90. The molecule has 98 valence electrons. The van der Waals surface area contributed by atoms with E-state index in [1.54, 1.807) is 18.2 Å². The highest BCUT2D eigenvalue weighted by Gasteiger charge is 2.37. The van der Waals surface area contributed by atoms with Gasteiger partial charge in [-0.3, -0.25) is 4.79 Å². The second-order valence-corrected chi connectivity index (χ2v) is 5.12. The Hall–Kier alpha value is -2.02. The van der Waals surface area contributed by atoms with Gasteiger partial charge in [-0.25, -0.2) is 4.79 Å². The van der Waals surface area contributed by atoms with Gasteiger partial charge in [0.1, 0.15) is 17.4 Å². The van der Waals surface area contributed by atoms with Crippen molar-refractivity contribution in [3.05, 3.63) is 23.8 Å². The zero-order valence-electron chi connectivity index (χ0n) is 9.87. The zero-order chi connectivity index (χ0) is 13.4. The number of rotatable bonds is 4. The molecule has 1 heterocycles. The summed E-state index contributed by atoms with van der Waals surface area (Å²) in [5, 5.41) is 11.7. The Morgan fingerprint density at radius 3 is 2.74 bits per heavy atom. The minimum atomic E-state index is -0.979. The van der Waals surface area contributed by atoms with Crippen LogP contribution in [-0.4, -0.2) is 23.0 Å². The first-order chi connectivity index (χ1) is 9.15. The summed E-state index contributed by atoms with van der Waals surface area (Å²) < 4.78 is 8.11. The summed E-state index contributed by atoms with van der Waals surface area (Å²) in [6.45, 7) is 0. The van der Waals surface area contributed by atoms with E-state index in [1.807, 2.05) is 0 Å². The van der Waals surface area contributed by atoms with E-state index in [4.69, 9.17) is 5.11 Å². The molecule has 1 saturated carbocycles. The number of nitrogens with zero attached hydrogens (tertiary/aromatic N) is 2. The quantitative estimate of drug-likeness (QED) is 0.895. The van der Waals surface area contributed by atoms with E-state index in [2.05, 4.69) is 14.0 Å². The molecule has 1 unspecified atom stereocenters. The number of aliphatic carboxylic acids is 1. The Labute approximate surface area is 112 Å².